The molecule has 0 saturated heterocycles. The predicted octanol–water partition coefficient (Wildman–Crippen LogP) is 3.81. The number of hydrogen-bond acceptors (Lipinski definition) is 8. The summed E-state index contributed by atoms with van der Waals surface area (Å²) >= 11 is 3.38. The van der Waals surface area contributed by atoms with E-state index in [4.69, 9.17) is 4.42 Å². The minimum atomic E-state index is -0.824. The molecule has 1 aromatic carbocycles. The topological polar surface area (TPSA) is 135 Å². The van der Waals surface area contributed by atoms with E-state index in [1.54, 1.807) is 0 Å². The van der Waals surface area contributed by atoms with Crippen LogP contribution in [0.2, 0.25) is 0 Å². The Morgan fingerprint density at radius 2 is 1.77 bits per heavy atom. The van der Waals surface area contributed by atoms with Gasteiger partial charge in [-0.1, -0.05) is 0 Å². The molecule has 0 spiro atoms. The minimum absolute atomic E-state index is 0.0390. The standard InChI is InChI=1S/C16H13BrN4O5/c1-6-7(2)12(14(17)18-8(6)3)16-20-19-15(26-16)9-4-10(21(24)25)13(23)11(22)5-9/h4-5,22-23H,1-3H3. The van der Waals surface area contributed by atoms with Crippen molar-refractivity contribution in [1.82, 2.24) is 15.2 Å². The molecule has 0 aliphatic rings. The number of halogens is 1. The fraction of sp³-hybridized carbons (Fsp3) is 0.188. The summed E-state index contributed by atoms with van der Waals surface area (Å²) < 4.78 is 6.17. The summed E-state index contributed by atoms with van der Waals surface area (Å²) in [4.78, 5) is 14.6. The molecule has 2 N–H and O–H groups in total. The maximum absolute atomic E-state index is 11.0. The van der Waals surface area contributed by atoms with E-state index in [0.717, 1.165) is 29.0 Å². The summed E-state index contributed by atoms with van der Waals surface area (Å²) in [5, 5.41) is 38.2. The highest BCUT2D eigenvalue weighted by Gasteiger charge is 2.23. The lowest BCUT2D eigenvalue weighted by Gasteiger charge is -2.09. The number of hydrogen-bond donors (Lipinski definition) is 2. The van der Waals surface area contributed by atoms with Crippen molar-refractivity contribution < 1.29 is 19.6 Å². The zero-order chi connectivity index (χ0) is 19.2. The number of nitrogens with zero attached hydrogens (tertiary/aromatic N) is 4. The SMILES string of the molecule is Cc1nc(Br)c(-c2nnc(-c3cc(O)c(O)c([N+](=O)[O-])c3)o2)c(C)c1C. The third-order valence-electron chi connectivity index (χ3n) is 4.10. The first kappa shape index (κ1) is 17.8. The van der Waals surface area contributed by atoms with Gasteiger partial charge < -0.3 is 14.6 Å². The van der Waals surface area contributed by atoms with Crippen molar-refractivity contribution >= 4 is 21.6 Å². The maximum atomic E-state index is 11.0. The second-order valence-electron chi connectivity index (χ2n) is 5.65. The molecule has 0 bridgehead atoms. The third kappa shape index (κ3) is 2.88. The van der Waals surface area contributed by atoms with Crippen molar-refractivity contribution in [2.45, 2.75) is 20.8 Å². The first-order valence-electron chi connectivity index (χ1n) is 7.38. The minimum Gasteiger partial charge on any atom is -0.504 e. The van der Waals surface area contributed by atoms with Crippen molar-refractivity contribution in [3.63, 3.8) is 0 Å². The highest BCUT2D eigenvalue weighted by Crippen LogP contribution is 2.40. The molecule has 0 saturated carbocycles. The average Bonchev–Trinajstić information content (AvgIpc) is 3.04. The average molecular weight is 421 g/mol. The molecule has 2 heterocycles. The van der Waals surface area contributed by atoms with Gasteiger partial charge in [-0.2, -0.15) is 0 Å². The number of phenolic OH excluding ortho intramolecular Hbond substituents is 2. The maximum Gasteiger partial charge on any atom is 0.315 e. The largest absolute Gasteiger partial charge is 0.504 e. The van der Waals surface area contributed by atoms with Gasteiger partial charge in [0, 0.05) is 17.3 Å². The van der Waals surface area contributed by atoms with Crippen LogP contribution in [0.5, 0.6) is 11.5 Å². The molecule has 10 heteroatoms. The molecule has 0 atom stereocenters. The second-order valence-corrected chi connectivity index (χ2v) is 6.40. The number of aromatic nitrogens is 3. The number of aromatic hydroxyl groups is 2. The highest BCUT2D eigenvalue weighted by molar-refractivity contribution is 9.10. The first-order chi connectivity index (χ1) is 12.2. The van der Waals surface area contributed by atoms with Crippen molar-refractivity contribution in [1.29, 1.82) is 0 Å². The van der Waals surface area contributed by atoms with Gasteiger partial charge in [0.25, 0.3) is 5.89 Å². The van der Waals surface area contributed by atoms with E-state index < -0.39 is 22.1 Å². The second kappa shape index (κ2) is 6.37. The third-order valence-corrected chi connectivity index (χ3v) is 4.68. The van der Waals surface area contributed by atoms with Crippen molar-refractivity contribution in [3.8, 4) is 34.4 Å². The Morgan fingerprint density at radius 3 is 2.42 bits per heavy atom. The predicted molar refractivity (Wildman–Crippen MR) is 94.9 cm³/mol. The van der Waals surface area contributed by atoms with Gasteiger partial charge in [-0.15, -0.1) is 10.2 Å². The number of rotatable bonds is 3. The van der Waals surface area contributed by atoms with Gasteiger partial charge in [0.15, 0.2) is 5.75 Å². The van der Waals surface area contributed by atoms with Crippen LogP contribution < -0.4 is 0 Å². The Morgan fingerprint density at radius 1 is 1.12 bits per heavy atom. The van der Waals surface area contributed by atoms with E-state index in [2.05, 4.69) is 31.1 Å². The Bertz CT molecular complexity index is 1050. The van der Waals surface area contributed by atoms with Crippen LogP contribution in [0.15, 0.2) is 21.2 Å². The molecule has 0 aliphatic carbocycles. The summed E-state index contributed by atoms with van der Waals surface area (Å²) in [6.07, 6.45) is 0. The molecule has 9 nitrogen and oxygen atoms in total. The molecule has 0 fully saturated rings. The van der Waals surface area contributed by atoms with E-state index in [1.807, 2.05) is 20.8 Å². The fourth-order valence-corrected chi connectivity index (χ4v) is 3.19. The van der Waals surface area contributed by atoms with Crippen LogP contribution in [-0.2, 0) is 0 Å². The van der Waals surface area contributed by atoms with Crippen LogP contribution in [0, 0.1) is 30.9 Å². The zero-order valence-corrected chi connectivity index (χ0v) is 15.5. The van der Waals surface area contributed by atoms with Gasteiger partial charge in [-0.05, 0) is 53.9 Å². The Kier molecular flexibility index (Phi) is 4.36. The molecular weight excluding hydrogens is 408 g/mol. The first-order valence-corrected chi connectivity index (χ1v) is 8.18. The van der Waals surface area contributed by atoms with Gasteiger partial charge in [0.05, 0.1) is 10.5 Å². The molecule has 134 valence electrons. The Balaban J connectivity index is 2.13. The molecule has 3 rings (SSSR count). The normalized spacial score (nSPS) is 10.9. The lowest BCUT2D eigenvalue weighted by atomic mass is 10.0. The van der Waals surface area contributed by atoms with E-state index in [1.165, 1.54) is 0 Å². The fourth-order valence-electron chi connectivity index (χ4n) is 2.46. The van der Waals surface area contributed by atoms with E-state index in [0.29, 0.717) is 10.2 Å². The quantitative estimate of drug-likeness (QED) is 0.282. The number of nitro benzene ring substituents is 1. The lowest BCUT2D eigenvalue weighted by Crippen LogP contribution is -1.97. The molecule has 0 radical (unpaired) electrons. The van der Waals surface area contributed by atoms with Gasteiger partial charge in [0.2, 0.25) is 11.6 Å². The Hall–Kier alpha value is -3.01. The van der Waals surface area contributed by atoms with Crippen LogP contribution in [0.4, 0.5) is 5.69 Å². The van der Waals surface area contributed by atoms with Crippen molar-refractivity contribution in [2.24, 2.45) is 0 Å². The molecule has 0 unspecified atom stereocenters. The number of pyridine rings is 1. The summed E-state index contributed by atoms with van der Waals surface area (Å²) in [5.74, 6) is -1.34. The van der Waals surface area contributed by atoms with Crippen molar-refractivity contribution in [3.05, 3.63) is 43.7 Å². The summed E-state index contributed by atoms with van der Waals surface area (Å²) in [5.41, 5.74) is 2.79. The molecule has 26 heavy (non-hydrogen) atoms. The molecule has 0 amide bonds. The van der Waals surface area contributed by atoms with Crippen LogP contribution in [0.25, 0.3) is 22.9 Å². The van der Waals surface area contributed by atoms with Gasteiger partial charge in [-0.3, -0.25) is 10.1 Å². The molecule has 2 aromatic heterocycles. The number of phenols is 2. The van der Waals surface area contributed by atoms with Crippen LogP contribution in [0.3, 0.4) is 0 Å². The van der Waals surface area contributed by atoms with Gasteiger partial charge in [-0.25, -0.2) is 4.98 Å². The highest BCUT2D eigenvalue weighted by atomic mass is 79.9. The summed E-state index contributed by atoms with van der Waals surface area (Å²) in [6.45, 7) is 5.70. The summed E-state index contributed by atoms with van der Waals surface area (Å²) in [6, 6.07) is 2.16. The lowest BCUT2D eigenvalue weighted by molar-refractivity contribution is -0.385. The number of benzene rings is 1. The van der Waals surface area contributed by atoms with Gasteiger partial charge in [0.1, 0.15) is 4.60 Å². The number of aryl methyl sites for hydroxylation is 1. The van der Waals surface area contributed by atoms with Crippen LogP contribution >= 0.6 is 15.9 Å². The van der Waals surface area contributed by atoms with E-state index in [9.17, 15) is 20.3 Å². The Labute approximate surface area is 155 Å². The van der Waals surface area contributed by atoms with Crippen LogP contribution in [0.1, 0.15) is 16.8 Å². The zero-order valence-electron chi connectivity index (χ0n) is 13.9. The van der Waals surface area contributed by atoms with E-state index in [-0.39, 0.29) is 17.3 Å². The van der Waals surface area contributed by atoms with Crippen LogP contribution in [-0.4, -0.2) is 30.3 Å². The van der Waals surface area contributed by atoms with Gasteiger partial charge >= 0.3 is 5.69 Å². The molecule has 0 aliphatic heterocycles. The van der Waals surface area contributed by atoms with E-state index >= 15 is 0 Å². The number of nitro groups is 1. The smallest absolute Gasteiger partial charge is 0.315 e. The van der Waals surface area contributed by atoms with Crippen molar-refractivity contribution in [2.75, 3.05) is 0 Å². The summed E-state index contributed by atoms with van der Waals surface area (Å²) in [7, 11) is 0. The monoisotopic (exact) mass is 420 g/mol. The molecule has 3 aromatic rings. The molecular formula is C16H13BrN4O5.